The van der Waals surface area contributed by atoms with Gasteiger partial charge in [0.1, 0.15) is 0 Å². The third-order valence-corrected chi connectivity index (χ3v) is 3.24. The van der Waals surface area contributed by atoms with Crippen LogP contribution in [0.3, 0.4) is 0 Å². The van der Waals surface area contributed by atoms with Crippen LogP contribution in [0.15, 0.2) is 0 Å². The topological polar surface area (TPSA) is 46.2 Å². The van der Waals surface area contributed by atoms with Gasteiger partial charge in [0.2, 0.25) is 0 Å². The van der Waals surface area contributed by atoms with E-state index in [2.05, 4.69) is 0 Å². The zero-order valence-electron chi connectivity index (χ0n) is 8.11. The van der Waals surface area contributed by atoms with Crippen LogP contribution in [0.4, 0.5) is 8.78 Å². The average Bonchev–Trinajstić information content (AvgIpc) is 1.99. The summed E-state index contributed by atoms with van der Waals surface area (Å²) in [6, 6.07) is 0. The maximum Gasteiger partial charge on any atom is 0.251 e. The molecule has 0 atom stereocenters. The minimum Gasteiger partial charge on any atom is -0.388 e. The predicted octanol–water partition coefficient (Wildman–Crippen LogP) is 1.66. The Bertz CT molecular complexity index is 194. The number of alkyl halides is 2. The average molecular weight is 193 g/mol. The van der Waals surface area contributed by atoms with Crippen molar-refractivity contribution in [2.45, 2.75) is 56.6 Å². The summed E-state index contributed by atoms with van der Waals surface area (Å²) in [5, 5.41) is 9.98. The Morgan fingerprint density at radius 2 is 1.69 bits per heavy atom. The Labute approximate surface area is 77.1 Å². The summed E-state index contributed by atoms with van der Waals surface area (Å²) in [5.41, 5.74) is 3.53. The van der Waals surface area contributed by atoms with Gasteiger partial charge in [-0.2, -0.15) is 0 Å². The Morgan fingerprint density at radius 3 is 1.92 bits per heavy atom. The summed E-state index contributed by atoms with van der Waals surface area (Å²) in [6.07, 6.45) is 0.0719. The Kier molecular flexibility index (Phi) is 2.41. The smallest absolute Gasteiger partial charge is 0.251 e. The first-order valence-electron chi connectivity index (χ1n) is 4.68. The lowest BCUT2D eigenvalue weighted by molar-refractivity contribution is -0.192. The van der Waals surface area contributed by atoms with Gasteiger partial charge in [-0.1, -0.05) is 13.8 Å². The van der Waals surface area contributed by atoms with E-state index in [1.807, 2.05) is 0 Å². The molecule has 0 heterocycles. The van der Waals surface area contributed by atoms with Crippen molar-refractivity contribution in [3.8, 4) is 0 Å². The highest BCUT2D eigenvalue weighted by Crippen LogP contribution is 2.51. The Hall–Kier alpha value is -0.220. The third kappa shape index (κ3) is 1.57. The highest BCUT2D eigenvalue weighted by molar-refractivity contribution is 5.14. The van der Waals surface area contributed by atoms with Crippen LogP contribution in [-0.4, -0.2) is 22.2 Å². The largest absolute Gasteiger partial charge is 0.388 e. The van der Waals surface area contributed by atoms with Crippen molar-refractivity contribution in [2.24, 2.45) is 5.73 Å². The minimum absolute atomic E-state index is 0.391. The van der Waals surface area contributed by atoms with Gasteiger partial charge >= 0.3 is 0 Å². The zero-order valence-corrected chi connectivity index (χ0v) is 8.11. The van der Waals surface area contributed by atoms with E-state index in [1.165, 1.54) is 0 Å². The van der Waals surface area contributed by atoms with E-state index in [-0.39, 0.29) is 0 Å². The van der Waals surface area contributed by atoms with Gasteiger partial charge in [0.05, 0.1) is 11.1 Å². The number of hydrogen-bond acceptors (Lipinski definition) is 2. The fraction of sp³-hybridized carbons (Fsp3) is 1.00. The lowest BCUT2D eigenvalue weighted by Crippen LogP contribution is -2.70. The van der Waals surface area contributed by atoms with Gasteiger partial charge in [-0.25, -0.2) is 8.78 Å². The SMILES string of the molecule is CCC(O)(CC)C1(N)CC(F)(F)C1. The first kappa shape index (κ1) is 10.9. The lowest BCUT2D eigenvalue weighted by Gasteiger charge is -2.53. The van der Waals surface area contributed by atoms with E-state index in [9.17, 15) is 13.9 Å². The molecular weight excluding hydrogens is 176 g/mol. The number of rotatable bonds is 3. The van der Waals surface area contributed by atoms with Gasteiger partial charge in [-0.05, 0) is 12.8 Å². The molecule has 0 saturated heterocycles. The molecule has 4 heteroatoms. The summed E-state index contributed by atoms with van der Waals surface area (Å²) >= 11 is 0. The van der Waals surface area contributed by atoms with Crippen molar-refractivity contribution in [1.29, 1.82) is 0 Å². The van der Waals surface area contributed by atoms with E-state index < -0.39 is 29.9 Å². The second-order valence-electron chi connectivity index (χ2n) is 4.10. The fourth-order valence-electron chi connectivity index (χ4n) is 2.15. The molecule has 1 rings (SSSR count). The highest BCUT2D eigenvalue weighted by Gasteiger charge is 2.62. The molecule has 0 bridgehead atoms. The Morgan fingerprint density at radius 1 is 1.31 bits per heavy atom. The van der Waals surface area contributed by atoms with Crippen molar-refractivity contribution in [1.82, 2.24) is 0 Å². The van der Waals surface area contributed by atoms with Crippen molar-refractivity contribution in [3.63, 3.8) is 0 Å². The molecule has 13 heavy (non-hydrogen) atoms. The standard InChI is InChI=1S/C9H17F2NO/c1-3-8(13,4-2)7(12)5-9(10,11)6-7/h13H,3-6,12H2,1-2H3. The molecule has 0 aromatic heterocycles. The molecule has 0 spiro atoms. The van der Waals surface area contributed by atoms with Gasteiger partial charge in [-0.15, -0.1) is 0 Å². The first-order chi connectivity index (χ1) is 5.79. The normalized spacial score (nSPS) is 25.4. The van der Waals surface area contributed by atoms with Crippen molar-refractivity contribution >= 4 is 0 Å². The van der Waals surface area contributed by atoms with Crippen LogP contribution < -0.4 is 5.73 Å². The zero-order chi connectivity index (χ0) is 10.3. The molecule has 0 unspecified atom stereocenters. The molecule has 78 valence electrons. The number of nitrogens with two attached hydrogens (primary N) is 1. The van der Waals surface area contributed by atoms with E-state index >= 15 is 0 Å². The van der Waals surface area contributed by atoms with Crippen LogP contribution >= 0.6 is 0 Å². The van der Waals surface area contributed by atoms with Gasteiger partial charge in [-0.3, -0.25) is 0 Å². The van der Waals surface area contributed by atoms with E-state index in [4.69, 9.17) is 5.73 Å². The molecule has 0 radical (unpaired) electrons. The van der Waals surface area contributed by atoms with Crippen LogP contribution in [-0.2, 0) is 0 Å². The van der Waals surface area contributed by atoms with Crippen molar-refractivity contribution < 1.29 is 13.9 Å². The molecule has 1 fully saturated rings. The summed E-state index contributed by atoms with van der Waals surface area (Å²) in [7, 11) is 0. The van der Waals surface area contributed by atoms with Gasteiger partial charge < -0.3 is 10.8 Å². The lowest BCUT2D eigenvalue weighted by atomic mass is 9.62. The number of aliphatic hydroxyl groups is 1. The molecule has 1 saturated carbocycles. The van der Waals surface area contributed by atoms with E-state index in [0.717, 1.165) is 0 Å². The predicted molar refractivity (Wildman–Crippen MR) is 46.6 cm³/mol. The monoisotopic (exact) mass is 193 g/mol. The molecule has 1 aliphatic carbocycles. The van der Waals surface area contributed by atoms with Crippen LogP contribution in [0.1, 0.15) is 39.5 Å². The molecule has 0 aromatic rings. The van der Waals surface area contributed by atoms with Crippen molar-refractivity contribution in [3.05, 3.63) is 0 Å². The highest BCUT2D eigenvalue weighted by atomic mass is 19.3. The second-order valence-corrected chi connectivity index (χ2v) is 4.10. The second kappa shape index (κ2) is 2.89. The van der Waals surface area contributed by atoms with Gasteiger partial charge in [0, 0.05) is 12.8 Å². The molecule has 1 aliphatic rings. The number of hydrogen-bond donors (Lipinski definition) is 2. The molecule has 0 aliphatic heterocycles. The summed E-state index contributed by atoms with van der Waals surface area (Å²) < 4.78 is 25.3. The van der Waals surface area contributed by atoms with Crippen molar-refractivity contribution in [2.75, 3.05) is 0 Å². The number of halogens is 2. The maximum absolute atomic E-state index is 12.6. The minimum atomic E-state index is -2.67. The first-order valence-corrected chi connectivity index (χ1v) is 4.68. The fourth-order valence-corrected chi connectivity index (χ4v) is 2.15. The summed E-state index contributed by atoms with van der Waals surface area (Å²) in [4.78, 5) is 0. The Balaban J connectivity index is 2.72. The molecule has 0 amide bonds. The van der Waals surface area contributed by atoms with Crippen LogP contribution in [0.5, 0.6) is 0 Å². The van der Waals surface area contributed by atoms with Crippen LogP contribution in [0.25, 0.3) is 0 Å². The van der Waals surface area contributed by atoms with Crippen LogP contribution in [0, 0.1) is 0 Å². The molecule has 0 aromatic carbocycles. The third-order valence-electron chi connectivity index (χ3n) is 3.24. The molecular formula is C9H17F2NO. The quantitative estimate of drug-likeness (QED) is 0.716. The molecule has 3 N–H and O–H groups in total. The maximum atomic E-state index is 12.6. The van der Waals surface area contributed by atoms with E-state index in [1.54, 1.807) is 13.8 Å². The van der Waals surface area contributed by atoms with Crippen LogP contribution in [0.2, 0.25) is 0 Å². The summed E-state index contributed by atoms with van der Waals surface area (Å²) in [5.74, 6) is -2.67. The van der Waals surface area contributed by atoms with Gasteiger partial charge in [0.25, 0.3) is 5.92 Å². The summed E-state index contributed by atoms with van der Waals surface area (Å²) in [6.45, 7) is 3.54. The van der Waals surface area contributed by atoms with E-state index in [0.29, 0.717) is 12.8 Å². The molecule has 2 nitrogen and oxygen atoms in total. The van der Waals surface area contributed by atoms with Gasteiger partial charge in [0.15, 0.2) is 0 Å².